The van der Waals surface area contributed by atoms with Gasteiger partial charge in [0.15, 0.2) is 5.82 Å². The van der Waals surface area contributed by atoms with Crippen molar-refractivity contribution in [2.75, 3.05) is 44.3 Å². The molecule has 8 heterocycles. The highest BCUT2D eigenvalue weighted by Gasteiger charge is 2.50. The first-order chi connectivity index (χ1) is 28.3. The highest BCUT2D eigenvalue weighted by atomic mass is 35.5. The molecule has 324 valence electrons. The second kappa shape index (κ2) is 16.3. The van der Waals surface area contributed by atoms with Crippen LogP contribution in [0.5, 0.6) is 6.01 Å². The van der Waals surface area contributed by atoms with Crippen LogP contribution in [0.15, 0.2) is 18.5 Å². The van der Waals surface area contributed by atoms with E-state index in [0.29, 0.717) is 71.6 Å². The number of anilines is 1. The van der Waals surface area contributed by atoms with Crippen molar-refractivity contribution in [3.8, 4) is 17.3 Å². The maximum Gasteiger partial charge on any atom is 0.508 e. The quantitative estimate of drug-likeness (QED) is 0.143. The van der Waals surface area contributed by atoms with Crippen LogP contribution in [0.2, 0.25) is 5.02 Å². The van der Waals surface area contributed by atoms with Crippen molar-refractivity contribution in [2.45, 2.75) is 74.6 Å². The predicted molar refractivity (Wildman–Crippen MR) is 192 cm³/mol. The Morgan fingerprint density at radius 1 is 1.03 bits per heavy atom. The summed E-state index contributed by atoms with van der Waals surface area (Å²) in [6, 6.07) is 1.79. The molecule has 3 saturated heterocycles. The first kappa shape index (κ1) is 42.8. The van der Waals surface area contributed by atoms with Crippen LogP contribution in [0.4, 0.5) is 45.7 Å². The molecular formula is C36H34ClF8N7O8. The second-order valence-corrected chi connectivity index (χ2v) is 15.4. The van der Waals surface area contributed by atoms with E-state index in [9.17, 15) is 35.5 Å². The lowest BCUT2D eigenvalue weighted by atomic mass is 9.94. The van der Waals surface area contributed by atoms with Crippen LogP contribution < -0.4 is 9.64 Å². The van der Waals surface area contributed by atoms with Crippen LogP contribution in [-0.2, 0) is 19.1 Å². The van der Waals surface area contributed by atoms with Crippen LogP contribution in [0.3, 0.4) is 0 Å². The maximum atomic E-state index is 17.0. The summed E-state index contributed by atoms with van der Waals surface area (Å²) in [6.45, 7) is 2.52. The van der Waals surface area contributed by atoms with Gasteiger partial charge in [0.05, 0.1) is 35.8 Å². The minimum atomic E-state index is -5.08. The Morgan fingerprint density at radius 2 is 1.75 bits per heavy atom. The highest BCUT2D eigenvalue weighted by Crippen LogP contribution is 2.54. The number of aromatic amines is 1. The molecule has 15 nitrogen and oxygen atoms in total. The molecule has 6 bridgehead atoms. The summed E-state index contributed by atoms with van der Waals surface area (Å²) in [5.41, 5.74) is 1.62. The Bertz CT molecular complexity index is 2290. The molecule has 0 unspecified atom stereocenters. The van der Waals surface area contributed by atoms with Gasteiger partial charge in [-0.25, -0.2) is 23.2 Å². The smallest absolute Gasteiger partial charge is 0.475 e. The zero-order valence-corrected chi connectivity index (χ0v) is 31.7. The Balaban J connectivity index is 0.000000337. The van der Waals surface area contributed by atoms with E-state index >= 15 is 4.39 Å². The molecule has 24 heteroatoms. The standard InChI is InChI=1S/C32H32ClF2N7O4.2C2HF3O2/c33-22-8-23-20(11-37-40-23)25-24(22)19-7-16(19)14-44-31(43)46-18-3-1-5-41(13-18)29-21-10-36-28(25)26(35)27(21)38-30(39-29)45-15-32-4-2-6-42(32)12-17(34)9-32;2*3-2(4,5)1(6)7/h8,10-11,16-19H,1-7,9,12-15H2,(H,37,40);2*(H,6,7)/t16-,17+,18+,19-,32-;;/m0../s1. The van der Waals surface area contributed by atoms with Crippen molar-refractivity contribution in [1.82, 2.24) is 30.0 Å². The number of carbonyl (C=O) groups is 3. The van der Waals surface area contributed by atoms with Gasteiger partial charge in [0.25, 0.3) is 0 Å². The number of halogens is 9. The van der Waals surface area contributed by atoms with E-state index < -0.39 is 54.1 Å². The molecule has 3 N–H and O–H groups in total. The molecule has 4 aromatic rings. The predicted octanol–water partition coefficient (Wildman–Crippen LogP) is 6.82. The van der Waals surface area contributed by atoms with E-state index in [2.05, 4.69) is 20.1 Å². The number of aliphatic carboxylic acids is 2. The number of hydrogen-bond donors (Lipinski definition) is 3. The summed E-state index contributed by atoms with van der Waals surface area (Å²) in [5, 5.41) is 22.9. The summed E-state index contributed by atoms with van der Waals surface area (Å²) in [5.74, 6) is -5.79. The summed E-state index contributed by atoms with van der Waals surface area (Å²) < 4.78 is 113. The molecule has 10 rings (SSSR count). The molecule has 0 spiro atoms. The third kappa shape index (κ3) is 8.77. The number of H-pyrrole nitrogens is 1. The number of rotatable bonds is 3. The summed E-state index contributed by atoms with van der Waals surface area (Å²) in [6.07, 6.45) is -4.74. The van der Waals surface area contributed by atoms with Crippen LogP contribution in [0, 0.1) is 11.7 Å². The average Bonchev–Trinajstić information content (AvgIpc) is 3.41. The minimum absolute atomic E-state index is 0.00427. The Morgan fingerprint density at radius 3 is 2.45 bits per heavy atom. The zero-order valence-electron chi connectivity index (χ0n) is 31.0. The molecule has 4 fully saturated rings. The number of pyridine rings is 1. The van der Waals surface area contributed by atoms with E-state index in [-0.39, 0.29) is 42.3 Å². The molecule has 1 aliphatic carbocycles. The number of piperidine rings is 1. The fraction of sp³-hybridized carbons (Fsp3) is 0.528. The van der Waals surface area contributed by atoms with Gasteiger partial charge in [-0.1, -0.05) is 11.6 Å². The number of aromatic nitrogens is 5. The van der Waals surface area contributed by atoms with Gasteiger partial charge in [0.1, 0.15) is 35.9 Å². The number of benzene rings is 1. The lowest BCUT2D eigenvalue weighted by Crippen LogP contribution is -2.43. The van der Waals surface area contributed by atoms with Crippen molar-refractivity contribution < 1.29 is 73.9 Å². The molecular weight excluding hydrogens is 846 g/mol. The van der Waals surface area contributed by atoms with Crippen LogP contribution in [0.25, 0.3) is 33.1 Å². The van der Waals surface area contributed by atoms with Crippen molar-refractivity contribution in [2.24, 2.45) is 5.92 Å². The van der Waals surface area contributed by atoms with Gasteiger partial charge in [-0.3, -0.25) is 15.0 Å². The van der Waals surface area contributed by atoms with E-state index in [0.717, 1.165) is 31.4 Å². The van der Waals surface area contributed by atoms with Gasteiger partial charge in [0.2, 0.25) is 0 Å². The van der Waals surface area contributed by atoms with Crippen molar-refractivity contribution in [1.29, 1.82) is 0 Å². The van der Waals surface area contributed by atoms with E-state index in [1.165, 1.54) is 0 Å². The van der Waals surface area contributed by atoms with Gasteiger partial charge in [-0.2, -0.15) is 41.4 Å². The van der Waals surface area contributed by atoms with Gasteiger partial charge in [-0.15, -0.1) is 0 Å². The van der Waals surface area contributed by atoms with Crippen LogP contribution in [0.1, 0.15) is 50.0 Å². The molecule has 5 atom stereocenters. The number of nitrogens with one attached hydrogen (secondary N) is 1. The lowest BCUT2D eigenvalue weighted by Gasteiger charge is -2.34. The Hall–Kier alpha value is -5.32. The van der Waals surface area contributed by atoms with E-state index in [4.69, 9.17) is 55.6 Å². The summed E-state index contributed by atoms with van der Waals surface area (Å²) in [4.78, 5) is 48.8. The number of carboxylic acids is 2. The minimum Gasteiger partial charge on any atom is -0.475 e. The van der Waals surface area contributed by atoms with Crippen molar-refractivity contribution in [3.05, 3.63) is 34.9 Å². The number of fused-ring (bicyclic) bond motifs is 6. The van der Waals surface area contributed by atoms with Gasteiger partial charge in [0, 0.05) is 47.6 Å². The molecule has 6 aliphatic rings. The highest BCUT2D eigenvalue weighted by molar-refractivity contribution is 6.33. The number of nitrogens with zero attached hydrogens (tertiary/aromatic N) is 6. The largest absolute Gasteiger partial charge is 0.508 e. The summed E-state index contributed by atoms with van der Waals surface area (Å²) in [7, 11) is 0. The number of ether oxygens (including phenoxy) is 3. The molecule has 1 saturated carbocycles. The van der Waals surface area contributed by atoms with E-state index in [1.54, 1.807) is 18.5 Å². The lowest BCUT2D eigenvalue weighted by molar-refractivity contribution is -0.193. The second-order valence-electron chi connectivity index (χ2n) is 15.0. The number of carbonyl (C=O) groups excluding carboxylic acids is 1. The fourth-order valence-electron chi connectivity index (χ4n) is 8.20. The van der Waals surface area contributed by atoms with Gasteiger partial charge in [-0.05, 0) is 56.2 Å². The number of hydrogen-bond acceptors (Lipinski definition) is 12. The Labute approximate surface area is 337 Å². The SMILES string of the molecule is O=C(O)C(F)(F)F.O=C(O)C(F)(F)F.O=C1OC[C@@H]2C[C@@H]2c2c(Cl)cc3[nH]ncc3c2-c2ncc3c(nc(OC[C@@]45CCCN4C[C@H](F)C5)nc3c2F)N2CCC[C@H](C2)O1. The molecule has 1 aromatic carbocycles. The first-order valence-electron chi connectivity index (χ1n) is 18.5. The molecule has 0 radical (unpaired) electrons. The van der Waals surface area contributed by atoms with Gasteiger partial charge >= 0.3 is 36.5 Å². The zero-order chi connectivity index (χ0) is 43.3. The topological polar surface area (TPSA) is 193 Å². The van der Waals surface area contributed by atoms with E-state index in [1.807, 2.05) is 4.90 Å². The Kier molecular flexibility index (Phi) is 11.6. The molecule has 60 heavy (non-hydrogen) atoms. The van der Waals surface area contributed by atoms with Crippen LogP contribution in [-0.4, -0.2) is 128 Å². The third-order valence-corrected chi connectivity index (χ3v) is 11.3. The third-order valence-electron chi connectivity index (χ3n) is 11.0. The molecule has 3 aromatic heterocycles. The molecule has 0 amide bonds. The average molecular weight is 880 g/mol. The monoisotopic (exact) mass is 879 g/mol. The van der Waals surface area contributed by atoms with Crippen LogP contribution >= 0.6 is 11.6 Å². The van der Waals surface area contributed by atoms with Crippen molar-refractivity contribution in [3.63, 3.8) is 0 Å². The van der Waals surface area contributed by atoms with Gasteiger partial charge < -0.3 is 29.3 Å². The van der Waals surface area contributed by atoms with Crippen molar-refractivity contribution >= 4 is 57.3 Å². The number of alkyl halides is 7. The fourth-order valence-corrected chi connectivity index (χ4v) is 8.54. The number of carboxylic acid groups (broad SMARTS) is 2. The normalized spacial score (nSPS) is 24.9. The first-order valence-corrected chi connectivity index (χ1v) is 18.9. The summed E-state index contributed by atoms with van der Waals surface area (Å²) >= 11 is 6.87. The molecule has 5 aliphatic heterocycles. The maximum absolute atomic E-state index is 17.0.